The normalized spacial score (nSPS) is 14.7. The monoisotopic (exact) mass is 317 g/mol. The van der Waals surface area contributed by atoms with Gasteiger partial charge in [0, 0.05) is 6.04 Å². The first-order valence-electron chi connectivity index (χ1n) is 7.23. The highest BCUT2D eigenvalue weighted by Crippen LogP contribution is 2.32. The van der Waals surface area contributed by atoms with Crippen molar-refractivity contribution < 1.29 is 23.1 Å². The van der Waals surface area contributed by atoms with Crippen molar-refractivity contribution in [3.8, 4) is 0 Å². The maximum absolute atomic E-state index is 12.9. The molecule has 0 aliphatic heterocycles. The summed E-state index contributed by atoms with van der Waals surface area (Å²) in [6.45, 7) is 5.23. The zero-order chi connectivity index (χ0) is 16.9. The molecule has 0 saturated carbocycles. The molecule has 0 saturated heterocycles. The lowest BCUT2D eigenvalue weighted by molar-refractivity contribution is -0.138. The first-order valence-corrected chi connectivity index (χ1v) is 7.23. The van der Waals surface area contributed by atoms with E-state index in [1.807, 2.05) is 0 Å². The minimum atomic E-state index is -4.41. The largest absolute Gasteiger partial charge is 0.416 e. The molecule has 1 rings (SSSR count). The van der Waals surface area contributed by atoms with Crippen LogP contribution in [0.25, 0.3) is 0 Å². The third kappa shape index (κ3) is 5.67. The molecular formula is C16H22F3NO2. The molecule has 0 aromatic heterocycles. The Morgan fingerprint density at radius 3 is 2.36 bits per heavy atom. The topological polar surface area (TPSA) is 49.3 Å². The summed E-state index contributed by atoms with van der Waals surface area (Å²) in [6, 6.07) is 4.88. The van der Waals surface area contributed by atoms with Crippen LogP contribution in [0.4, 0.5) is 13.2 Å². The Hall–Kier alpha value is -1.56. The van der Waals surface area contributed by atoms with E-state index in [4.69, 9.17) is 0 Å². The van der Waals surface area contributed by atoms with Gasteiger partial charge >= 0.3 is 6.18 Å². The average Bonchev–Trinajstić information content (AvgIpc) is 2.37. The second kappa shape index (κ2) is 7.63. The summed E-state index contributed by atoms with van der Waals surface area (Å²) in [5.74, 6) is -0.412. The Balaban J connectivity index is 2.66. The lowest BCUT2D eigenvalue weighted by atomic mass is 10.00. The molecule has 2 unspecified atom stereocenters. The maximum atomic E-state index is 12.9. The first kappa shape index (κ1) is 18.5. The highest BCUT2D eigenvalue weighted by atomic mass is 19.4. The number of aliphatic hydroxyl groups is 1. The molecule has 2 atom stereocenters. The molecule has 1 aromatic rings. The number of rotatable bonds is 6. The van der Waals surface area contributed by atoms with Crippen LogP contribution in [0.5, 0.6) is 0 Å². The number of alkyl halides is 3. The maximum Gasteiger partial charge on any atom is 0.416 e. The highest BCUT2D eigenvalue weighted by Gasteiger charge is 2.33. The van der Waals surface area contributed by atoms with Crippen LogP contribution in [0.1, 0.15) is 38.3 Å². The molecule has 3 nitrogen and oxygen atoms in total. The molecule has 0 aliphatic carbocycles. The average molecular weight is 317 g/mol. The minimum absolute atomic E-state index is 0.0491. The van der Waals surface area contributed by atoms with Crippen LogP contribution in [-0.2, 0) is 17.4 Å². The fourth-order valence-electron chi connectivity index (χ4n) is 2.12. The number of carbonyl (C=O) groups is 1. The fraction of sp³-hybridized carbons (Fsp3) is 0.562. The van der Waals surface area contributed by atoms with E-state index in [9.17, 15) is 23.1 Å². The molecule has 6 heteroatoms. The van der Waals surface area contributed by atoms with Crippen LogP contribution in [0, 0.1) is 5.92 Å². The molecule has 1 amide bonds. The van der Waals surface area contributed by atoms with Gasteiger partial charge < -0.3 is 10.4 Å². The smallest absolute Gasteiger partial charge is 0.392 e. The highest BCUT2D eigenvalue weighted by molar-refractivity contribution is 5.76. The summed E-state index contributed by atoms with van der Waals surface area (Å²) >= 11 is 0. The van der Waals surface area contributed by atoms with Gasteiger partial charge in [-0.2, -0.15) is 13.2 Å². The number of carbonyl (C=O) groups excluding carboxylic acids is 1. The van der Waals surface area contributed by atoms with Crippen LogP contribution in [0.2, 0.25) is 0 Å². The zero-order valence-corrected chi connectivity index (χ0v) is 12.9. The van der Waals surface area contributed by atoms with Gasteiger partial charge in [-0.15, -0.1) is 0 Å². The van der Waals surface area contributed by atoms with E-state index in [2.05, 4.69) is 5.32 Å². The lowest BCUT2D eigenvalue weighted by Crippen LogP contribution is -2.37. The van der Waals surface area contributed by atoms with Gasteiger partial charge in [-0.1, -0.05) is 32.0 Å². The van der Waals surface area contributed by atoms with Crippen molar-refractivity contribution in [3.63, 3.8) is 0 Å². The molecule has 124 valence electrons. The predicted molar refractivity (Wildman–Crippen MR) is 78.2 cm³/mol. The Bertz CT molecular complexity index is 500. The van der Waals surface area contributed by atoms with E-state index in [-0.39, 0.29) is 30.2 Å². The van der Waals surface area contributed by atoms with E-state index in [1.165, 1.54) is 12.1 Å². The Morgan fingerprint density at radius 1 is 1.23 bits per heavy atom. The summed E-state index contributed by atoms with van der Waals surface area (Å²) in [6.07, 6.45) is -5.13. The quantitative estimate of drug-likeness (QED) is 0.847. The van der Waals surface area contributed by atoms with Gasteiger partial charge in [0.2, 0.25) is 5.91 Å². The van der Waals surface area contributed by atoms with Crippen molar-refractivity contribution in [2.75, 3.05) is 0 Å². The number of amides is 1. The molecule has 0 heterocycles. The summed E-state index contributed by atoms with van der Waals surface area (Å²) in [7, 11) is 0. The number of hydrogen-bond acceptors (Lipinski definition) is 2. The molecule has 2 N–H and O–H groups in total. The van der Waals surface area contributed by atoms with Crippen molar-refractivity contribution >= 4 is 5.91 Å². The van der Waals surface area contributed by atoms with Gasteiger partial charge in [-0.05, 0) is 30.9 Å². The summed E-state index contributed by atoms with van der Waals surface area (Å²) in [5.41, 5.74) is -0.537. The van der Waals surface area contributed by atoms with Crippen LogP contribution >= 0.6 is 0 Å². The standard InChI is InChI=1S/C16H22F3NO2/c1-10(2)14(21)9-15(22)20-11(3)8-12-6-4-5-7-13(12)16(17,18)19/h4-7,10-11,14,21H,8-9H2,1-3H3,(H,20,22). The minimum Gasteiger partial charge on any atom is -0.392 e. The van der Waals surface area contributed by atoms with Crippen molar-refractivity contribution in [2.45, 2.75) is 51.9 Å². The Morgan fingerprint density at radius 2 is 1.82 bits per heavy atom. The number of hydrogen-bond donors (Lipinski definition) is 2. The van der Waals surface area contributed by atoms with Crippen molar-refractivity contribution in [2.24, 2.45) is 5.92 Å². The van der Waals surface area contributed by atoms with Crippen LogP contribution < -0.4 is 5.32 Å². The van der Waals surface area contributed by atoms with Crippen LogP contribution in [0.15, 0.2) is 24.3 Å². The van der Waals surface area contributed by atoms with Gasteiger partial charge in [-0.3, -0.25) is 4.79 Å². The van der Waals surface area contributed by atoms with E-state index < -0.39 is 23.9 Å². The molecule has 0 spiro atoms. The molecule has 22 heavy (non-hydrogen) atoms. The Kier molecular flexibility index (Phi) is 6.41. The number of nitrogens with one attached hydrogen (secondary N) is 1. The zero-order valence-electron chi connectivity index (χ0n) is 12.9. The number of benzene rings is 1. The molecule has 0 bridgehead atoms. The number of halogens is 3. The Labute approximate surface area is 128 Å². The summed E-state index contributed by atoms with van der Waals surface area (Å²) in [5, 5.41) is 12.3. The van der Waals surface area contributed by atoms with E-state index in [1.54, 1.807) is 26.8 Å². The van der Waals surface area contributed by atoms with E-state index in [0.717, 1.165) is 6.07 Å². The molecule has 0 fully saturated rings. The van der Waals surface area contributed by atoms with Gasteiger partial charge in [-0.25, -0.2) is 0 Å². The third-order valence-electron chi connectivity index (χ3n) is 3.42. The molecule has 1 aromatic carbocycles. The van der Waals surface area contributed by atoms with Crippen molar-refractivity contribution in [3.05, 3.63) is 35.4 Å². The van der Waals surface area contributed by atoms with Crippen LogP contribution in [0.3, 0.4) is 0 Å². The molecule has 0 radical (unpaired) electrons. The van der Waals surface area contributed by atoms with Gasteiger partial charge in [0.15, 0.2) is 0 Å². The van der Waals surface area contributed by atoms with Crippen molar-refractivity contribution in [1.29, 1.82) is 0 Å². The summed E-state index contributed by atoms with van der Waals surface area (Å²) in [4.78, 5) is 11.7. The van der Waals surface area contributed by atoms with Gasteiger partial charge in [0.05, 0.1) is 18.1 Å². The van der Waals surface area contributed by atoms with Gasteiger partial charge in [0.25, 0.3) is 0 Å². The van der Waals surface area contributed by atoms with Crippen molar-refractivity contribution in [1.82, 2.24) is 5.32 Å². The number of aliphatic hydroxyl groups excluding tert-OH is 1. The fourth-order valence-corrected chi connectivity index (χ4v) is 2.12. The molecular weight excluding hydrogens is 295 g/mol. The van der Waals surface area contributed by atoms with E-state index >= 15 is 0 Å². The van der Waals surface area contributed by atoms with Crippen LogP contribution in [-0.4, -0.2) is 23.2 Å². The second-order valence-corrected chi connectivity index (χ2v) is 5.84. The van der Waals surface area contributed by atoms with E-state index in [0.29, 0.717) is 0 Å². The van der Waals surface area contributed by atoms with Gasteiger partial charge in [0.1, 0.15) is 0 Å². The predicted octanol–water partition coefficient (Wildman–Crippen LogP) is 3.16. The second-order valence-electron chi connectivity index (χ2n) is 5.84. The summed E-state index contributed by atoms with van der Waals surface area (Å²) < 4.78 is 38.7. The SMILES string of the molecule is CC(Cc1ccccc1C(F)(F)F)NC(=O)CC(O)C(C)C. The third-order valence-corrected chi connectivity index (χ3v) is 3.42. The molecule has 0 aliphatic rings. The lowest BCUT2D eigenvalue weighted by Gasteiger charge is -2.19. The first-order chi connectivity index (χ1) is 10.1.